The summed E-state index contributed by atoms with van der Waals surface area (Å²) in [4.78, 5) is 0. The Morgan fingerprint density at radius 1 is 1.08 bits per heavy atom. The highest BCUT2D eigenvalue weighted by Crippen LogP contribution is 2.30. The van der Waals surface area contributed by atoms with Crippen molar-refractivity contribution in [1.29, 1.82) is 0 Å². The summed E-state index contributed by atoms with van der Waals surface area (Å²) in [6.07, 6.45) is 0. The van der Waals surface area contributed by atoms with Crippen LogP contribution in [0.15, 0.2) is 30.3 Å². The van der Waals surface area contributed by atoms with E-state index in [4.69, 9.17) is 5.73 Å². The smallest absolute Gasteiger partial charge is 0.139 e. The van der Waals surface area contributed by atoms with Gasteiger partial charge in [0.05, 0.1) is 5.69 Å². The summed E-state index contributed by atoms with van der Waals surface area (Å²) in [5.41, 5.74) is 7.37. The van der Waals surface area contributed by atoms with Crippen LogP contribution in [0.4, 0.5) is 5.69 Å². The van der Waals surface area contributed by atoms with E-state index in [0.717, 1.165) is 10.8 Å². The third-order valence-corrected chi connectivity index (χ3v) is 2.30. The molecule has 0 unspecified atom stereocenters. The molecule has 0 aliphatic carbocycles. The number of nitrogens with two attached hydrogens (primary N) is 1. The first-order chi connectivity index (χ1) is 6.20. The quantitative estimate of drug-likeness (QED) is 0.474. The van der Waals surface area contributed by atoms with Crippen LogP contribution in [0.2, 0.25) is 0 Å². The molecular formula is C11H11NO. The van der Waals surface area contributed by atoms with Crippen LogP contribution >= 0.6 is 0 Å². The van der Waals surface area contributed by atoms with E-state index in [0.29, 0.717) is 5.69 Å². The van der Waals surface area contributed by atoms with Crippen molar-refractivity contribution in [3.8, 4) is 5.75 Å². The Kier molecular flexibility index (Phi) is 1.62. The zero-order chi connectivity index (χ0) is 9.42. The fourth-order valence-electron chi connectivity index (χ4n) is 1.53. The third kappa shape index (κ3) is 1.11. The van der Waals surface area contributed by atoms with Gasteiger partial charge < -0.3 is 10.8 Å². The normalized spacial score (nSPS) is 10.5. The molecule has 3 N–H and O–H groups in total. The van der Waals surface area contributed by atoms with Gasteiger partial charge in [0.1, 0.15) is 5.75 Å². The first-order valence-corrected chi connectivity index (χ1v) is 4.17. The zero-order valence-corrected chi connectivity index (χ0v) is 7.41. The van der Waals surface area contributed by atoms with Crippen LogP contribution in [0, 0.1) is 6.92 Å². The van der Waals surface area contributed by atoms with Crippen molar-refractivity contribution in [2.45, 2.75) is 6.92 Å². The molecule has 0 amide bonds. The Morgan fingerprint density at radius 2 is 1.85 bits per heavy atom. The molecule has 0 heterocycles. The Balaban J connectivity index is 2.94. The Labute approximate surface area is 76.6 Å². The van der Waals surface area contributed by atoms with Crippen molar-refractivity contribution in [3.05, 3.63) is 35.9 Å². The monoisotopic (exact) mass is 173 g/mol. The maximum absolute atomic E-state index is 9.38. The van der Waals surface area contributed by atoms with E-state index in [2.05, 4.69) is 0 Å². The molecule has 2 heteroatoms. The summed E-state index contributed by atoms with van der Waals surface area (Å²) in [6.45, 7) is 2.03. The van der Waals surface area contributed by atoms with Gasteiger partial charge in [-0.2, -0.15) is 0 Å². The molecule has 2 aromatic carbocycles. The Hall–Kier alpha value is -1.70. The molecule has 0 aliphatic rings. The molecular weight excluding hydrogens is 162 g/mol. The van der Waals surface area contributed by atoms with Gasteiger partial charge in [-0.1, -0.05) is 24.3 Å². The number of fused-ring (bicyclic) bond motifs is 1. The summed E-state index contributed by atoms with van der Waals surface area (Å²) in [6, 6.07) is 9.39. The van der Waals surface area contributed by atoms with E-state index in [9.17, 15) is 5.11 Å². The van der Waals surface area contributed by atoms with Gasteiger partial charge >= 0.3 is 0 Å². The van der Waals surface area contributed by atoms with E-state index in [-0.39, 0.29) is 5.75 Å². The van der Waals surface area contributed by atoms with Crippen LogP contribution in [-0.4, -0.2) is 5.11 Å². The highest BCUT2D eigenvalue weighted by molar-refractivity contribution is 5.97. The lowest BCUT2D eigenvalue weighted by atomic mass is 10.0. The van der Waals surface area contributed by atoms with Crippen LogP contribution in [0.5, 0.6) is 5.75 Å². The van der Waals surface area contributed by atoms with Crippen molar-refractivity contribution in [2.24, 2.45) is 0 Å². The number of hydrogen-bond acceptors (Lipinski definition) is 2. The van der Waals surface area contributed by atoms with E-state index in [1.165, 1.54) is 5.56 Å². The summed E-state index contributed by atoms with van der Waals surface area (Å²) in [5.74, 6) is 0.151. The topological polar surface area (TPSA) is 46.2 Å². The number of benzene rings is 2. The molecule has 0 aliphatic heterocycles. The minimum absolute atomic E-state index is 0.151. The summed E-state index contributed by atoms with van der Waals surface area (Å²) in [7, 11) is 0. The lowest BCUT2D eigenvalue weighted by Gasteiger charge is -2.05. The molecule has 0 aromatic heterocycles. The van der Waals surface area contributed by atoms with Crippen molar-refractivity contribution >= 4 is 16.5 Å². The summed E-state index contributed by atoms with van der Waals surface area (Å²) < 4.78 is 0. The minimum Gasteiger partial charge on any atom is -0.506 e. The SMILES string of the molecule is Cc1cccc2c(N)c(O)ccc12. The predicted molar refractivity (Wildman–Crippen MR) is 54.8 cm³/mol. The van der Waals surface area contributed by atoms with E-state index < -0.39 is 0 Å². The maximum Gasteiger partial charge on any atom is 0.139 e. The summed E-state index contributed by atoms with van der Waals surface area (Å²) >= 11 is 0. The molecule has 0 atom stereocenters. The molecule has 0 radical (unpaired) electrons. The molecule has 0 saturated heterocycles. The fraction of sp³-hybridized carbons (Fsp3) is 0.0909. The van der Waals surface area contributed by atoms with Gasteiger partial charge in [-0.25, -0.2) is 0 Å². The van der Waals surface area contributed by atoms with Crippen molar-refractivity contribution in [3.63, 3.8) is 0 Å². The molecule has 0 fully saturated rings. The standard InChI is InChI=1S/C11H11NO/c1-7-3-2-4-9-8(7)5-6-10(13)11(9)12/h2-6,13H,12H2,1H3. The van der Waals surface area contributed by atoms with E-state index in [1.807, 2.05) is 31.2 Å². The molecule has 2 rings (SSSR count). The lowest BCUT2D eigenvalue weighted by molar-refractivity contribution is 0.478. The van der Waals surface area contributed by atoms with Crippen molar-refractivity contribution in [2.75, 3.05) is 5.73 Å². The molecule has 13 heavy (non-hydrogen) atoms. The molecule has 0 spiro atoms. The van der Waals surface area contributed by atoms with Gasteiger partial charge in [0.2, 0.25) is 0 Å². The average Bonchev–Trinajstić information content (AvgIpc) is 2.12. The van der Waals surface area contributed by atoms with Gasteiger partial charge in [-0.3, -0.25) is 0 Å². The minimum atomic E-state index is 0.151. The second kappa shape index (κ2) is 2.66. The molecule has 0 saturated carbocycles. The number of rotatable bonds is 0. The highest BCUT2D eigenvalue weighted by Gasteiger charge is 2.03. The van der Waals surface area contributed by atoms with Crippen LogP contribution < -0.4 is 5.73 Å². The average molecular weight is 173 g/mol. The van der Waals surface area contributed by atoms with Gasteiger partial charge in [-0.05, 0) is 23.9 Å². The number of aryl methyl sites for hydroxylation is 1. The number of phenolic OH excluding ortho intramolecular Hbond substituents is 1. The Bertz CT molecular complexity index is 463. The second-order valence-corrected chi connectivity index (χ2v) is 3.17. The summed E-state index contributed by atoms with van der Waals surface area (Å²) in [5, 5.41) is 11.4. The predicted octanol–water partition coefficient (Wildman–Crippen LogP) is 2.44. The number of anilines is 1. The van der Waals surface area contributed by atoms with Gasteiger partial charge in [0.25, 0.3) is 0 Å². The fourth-order valence-corrected chi connectivity index (χ4v) is 1.53. The largest absolute Gasteiger partial charge is 0.506 e. The third-order valence-electron chi connectivity index (χ3n) is 2.30. The molecule has 66 valence electrons. The van der Waals surface area contributed by atoms with Gasteiger partial charge in [0, 0.05) is 5.39 Å². The van der Waals surface area contributed by atoms with E-state index in [1.54, 1.807) is 6.07 Å². The molecule has 2 aromatic rings. The first-order valence-electron chi connectivity index (χ1n) is 4.17. The van der Waals surface area contributed by atoms with Crippen LogP contribution in [0.1, 0.15) is 5.56 Å². The second-order valence-electron chi connectivity index (χ2n) is 3.17. The van der Waals surface area contributed by atoms with Crippen LogP contribution in [0.3, 0.4) is 0 Å². The van der Waals surface area contributed by atoms with Crippen LogP contribution in [-0.2, 0) is 0 Å². The highest BCUT2D eigenvalue weighted by atomic mass is 16.3. The van der Waals surface area contributed by atoms with E-state index >= 15 is 0 Å². The number of aromatic hydroxyl groups is 1. The Morgan fingerprint density at radius 3 is 2.62 bits per heavy atom. The molecule has 0 bridgehead atoms. The van der Waals surface area contributed by atoms with Gasteiger partial charge in [0.15, 0.2) is 0 Å². The lowest BCUT2D eigenvalue weighted by Crippen LogP contribution is -1.88. The number of nitrogen functional groups attached to an aromatic ring is 1. The van der Waals surface area contributed by atoms with Crippen molar-refractivity contribution in [1.82, 2.24) is 0 Å². The zero-order valence-electron chi connectivity index (χ0n) is 7.41. The van der Waals surface area contributed by atoms with Gasteiger partial charge in [-0.15, -0.1) is 0 Å². The number of phenols is 1. The first kappa shape index (κ1) is 7.92. The van der Waals surface area contributed by atoms with Crippen LogP contribution in [0.25, 0.3) is 10.8 Å². The molecule has 2 nitrogen and oxygen atoms in total. The number of hydrogen-bond donors (Lipinski definition) is 2. The maximum atomic E-state index is 9.38. The van der Waals surface area contributed by atoms with Crippen molar-refractivity contribution < 1.29 is 5.11 Å².